The Bertz CT molecular complexity index is 991. The van der Waals surface area contributed by atoms with Gasteiger partial charge < -0.3 is 15.1 Å². The molecule has 8 nitrogen and oxygen atoms in total. The molecule has 158 valence electrons. The normalized spacial score (nSPS) is 13.8. The maximum Gasteiger partial charge on any atom is 0.270 e. The smallest absolute Gasteiger partial charge is 0.270 e. The maximum absolute atomic E-state index is 12.8. The summed E-state index contributed by atoms with van der Waals surface area (Å²) in [5.41, 5.74) is 1.08. The fourth-order valence-corrected chi connectivity index (χ4v) is 3.89. The van der Waals surface area contributed by atoms with E-state index in [-0.39, 0.29) is 22.2 Å². The predicted octanol–water partition coefficient (Wildman–Crippen LogP) is 4.21. The molecule has 0 saturated carbocycles. The number of nitro benzene ring substituents is 1. The zero-order valence-corrected chi connectivity index (χ0v) is 17.7. The first-order valence-electron chi connectivity index (χ1n) is 9.38. The van der Waals surface area contributed by atoms with Crippen molar-refractivity contribution in [3.8, 4) is 0 Å². The van der Waals surface area contributed by atoms with E-state index in [1.807, 2.05) is 16.7 Å². The van der Waals surface area contributed by atoms with Crippen LogP contribution in [0.15, 0.2) is 36.4 Å². The van der Waals surface area contributed by atoms with Crippen LogP contribution in [0.5, 0.6) is 0 Å². The van der Waals surface area contributed by atoms with Crippen LogP contribution in [-0.2, 0) is 4.79 Å². The van der Waals surface area contributed by atoms with Gasteiger partial charge in [-0.05, 0) is 18.2 Å². The number of anilines is 2. The van der Waals surface area contributed by atoms with Crippen LogP contribution in [-0.4, -0.2) is 47.8 Å². The van der Waals surface area contributed by atoms with Gasteiger partial charge in [0.05, 0.1) is 31.9 Å². The van der Waals surface area contributed by atoms with Crippen LogP contribution >= 0.6 is 23.2 Å². The van der Waals surface area contributed by atoms with Crippen LogP contribution in [0.4, 0.5) is 17.1 Å². The number of carbonyl (C=O) groups excluding carboxylic acids is 2. The molecule has 3 rings (SSSR count). The van der Waals surface area contributed by atoms with E-state index in [2.05, 4.69) is 5.32 Å². The number of hydrogen-bond donors (Lipinski definition) is 1. The Kier molecular flexibility index (Phi) is 6.79. The van der Waals surface area contributed by atoms with Gasteiger partial charge in [-0.25, -0.2) is 0 Å². The predicted molar refractivity (Wildman–Crippen MR) is 117 cm³/mol. The van der Waals surface area contributed by atoms with Gasteiger partial charge in [-0.15, -0.1) is 0 Å². The molecule has 1 heterocycles. The van der Waals surface area contributed by atoms with Gasteiger partial charge in [0.2, 0.25) is 5.91 Å². The van der Waals surface area contributed by atoms with Crippen molar-refractivity contribution < 1.29 is 14.5 Å². The van der Waals surface area contributed by atoms with Crippen molar-refractivity contribution in [2.24, 2.45) is 0 Å². The van der Waals surface area contributed by atoms with Crippen molar-refractivity contribution in [3.05, 3.63) is 62.1 Å². The number of nitro groups is 1. The molecule has 0 atom stereocenters. The molecule has 0 spiro atoms. The molecule has 1 fully saturated rings. The number of nitrogens with one attached hydrogen (secondary N) is 1. The Balaban J connectivity index is 1.81. The van der Waals surface area contributed by atoms with E-state index in [4.69, 9.17) is 23.2 Å². The van der Waals surface area contributed by atoms with E-state index in [1.165, 1.54) is 12.1 Å². The molecule has 0 aliphatic carbocycles. The fourth-order valence-electron chi connectivity index (χ4n) is 3.33. The summed E-state index contributed by atoms with van der Waals surface area (Å²) in [7, 11) is 0. The molecular weight excluding hydrogens is 431 g/mol. The number of carbonyl (C=O) groups is 2. The average Bonchev–Trinajstić information content (AvgIpc) is 2.73. The highest BCUT2D eigenvalue weighted by molar-refractivity contribution is 6.35. The van der Waals surface area contributed by atoms with Gasteiger partial charge >= 0.3 is 0 Å². The van der Waals surface area contributed by atoms with Crippen molar-refractivity contribution in [1.29, 1.82) is 0 Å². The lowest BCUT2D eigenvalue weighted by Crippen LogP contribution is -2.48. The molecule has 1 saturated heterocycles. The molecule has 1 aliphatic heterocycles. The number of amides is 2. The van der Waals surface area contributed by atoms with Crippen molar-refractivity contribution in [1.82, 2.24) is 4.90 Å². The van der Waals surface area contributed by atoms with Gasteiger partial charge in [-0.2, -0.15) is 0 Å². The van der Waals surface area contributed by atoms with Crippen molar-refractivity contribution in [2.45, 2.75) is 13.3 Å². The number of hydrogen-bond acceptors (Lipinski definition) is 5. The zero-order chi connectivity index (χ0) is 21.8. The van der Waals surface area contributed by atoms with Gasteiger partial charge in [0.1, 0.15) is 0 Å². The zero-order valence-electron chi connectivity index (χ0n) is 16.2. The minimum absolute atomic E-state index is 0.0167. The molecule has 10 heteroatoms. The third-order valence-corrected chi connectivity index (χ3v) is 5.51. The van der Waals surface area contributed by atoms with Crippen LogP contribution in [0.3, 0.4) is 0 Å². The second-order valence-electron chi connectivity index (χ2n) is 6.73. The molecular formula is C20H20Cl2N4O4. The molecule has 2 aromatic carbocycles. The van der Waals surface area contributed by atoms with Crippen LogP contribution in [0.1, 0.15) is 23.7 Å². The summed E-state index contributed by atoms with van der Waals surface area (Å²) in [6.45, 7) is 4.13. The monoisotopic (exact) mass is 450 g/mol. The van der Waals surface area contributed by atoms with Gasteiger partial charge in [0.25, 0.3) is 11.6 Å². The van der Waals surface area contributed by atoms with Crippen LogP contribution < -0.4 is 10.2 Å². The lowest BCUT2D eigenvalue weighted by Gasteiger charge is -2.37. The molecule has 30 heavy (non-hydrogen) atoms. The largest absolute Gasteiger partial charge is 0.365 e. The summed E-state index contributed by atoms with van der Waals surface area (Å²) in [5.74, 6) is -0.395. The minimum atomic E-state index is -0.578. The third-order valence-electron chi connectivity index (χ3n) is 4.89. The molecule has 0 bridgehead atoms. The van der Waals surface area contributed by atoms with Gasteiger partial charge in [-0.3, -0.25) is 19.7 Å². The molecule has 0 aromatic heterocycles. The molecule has 1 aliphatic rings. The first-order chi connectivity index (χ1) is 14.3. The number of para-hydroxylation sites is 1. The lowest BCUT2D eigenvalue weighted by molar-refractivity contribution is -0.384. The van der Waals surface area contributed by atoms with Gasteiger partial charge in [0.15, 0.2) is 0 Å². The van der Waals surface area contributed by atoms with E-state index in [0.29, 0.717) is 49.0 Å². The molecule has 2 amide bonds. The van der Waals surface area contributed by atoms with E-state index in [9.17, 15) is 19.7 Å². The molecule has 1 N–H and O–H groups in total. The topological polar surface area (TPSA) is 95.8 Å². The van der Waals surface area contributed by atoms with Crippen molar-refractivity contribution in [3.63, 3.8) is 0 Å². The van der Waals surface area contributed by atoms with Crippen LogP contribution in [0.25, 0.3) is 0 Å². The Hall–Kier alpha value is -2.84. The van der Waals surface area contributed by atoms with E-state index >= 15 is 0 Å². The Morgan fingerprint density at radius 1 is 1.10 bits per heavy atom. The van der Waals surface area contributed by atoms with Crippen molar-refractivity contribution in [2.75, 3.05) is 36.4 Å². The Morgan fingerprint density at radius 3 is 2.40 bits per heavy atom. The first kappa shape index (κ1) is 21.9. The number of rotatable bonds is 5. The first-order valence-corrected chi connectivity index (χ1v) is 10.1. The molecule has 2 aromatic rings. The van der Waals surface area contributed by atoms with E-state index in [1.54, 1.807) is 18.2 Å². The summed E-state index contributed by atoms with van der Waals surface area (Å²) in [4.78, 5) is 38.8. The number of halogens is 2. The second kappa shape index (κ2) is 9.32. The second-order valence-corrected chi connectivity index (χ2v) is 7.55. The molecule has 0 unspecified atom stereocenters. The standard InChI is InChI=1S/C20H20Cl2N4O4/c1-2-18(27)24-8-10-25(11-9-24)19-15(21)4-3-5-17(19)23-20(28)14-7-6-13(26(29)30)12-16(14)22/h3-7,12H,2,8-11H2,1H3,(H,23,28). The number of non-ortho nitro benzene ring substituents is 1. The Labute approximate surface area is 183 Å². The maximum atomic E-state index is 12.8. The summed E-state index contributed by atoms with van der Waals surface area (Å²) in [6.07, 6.45) is 0.462. The number of benzene rings is 2. The summed E-state index contributed by atoms with van der Waals surface area (Å²) in [6, 6.07) is 8.85. The average molecular weight is 451 g/mol. The fraction of sp³-hybridized carbons (Fsp3) is 0.300. The third kappa shape index (κ3) is 4.66. The van der Waals surface area contributed by atoms with E-state index < -0.39 is 10.8 Å². The lowest BCUT2D eigenvalue weighted by atomic mass is 10.1. The highest BCUT2D eigenvalue weighted by Gasteiger charge is 2.24. The summed E-state index contributed by atoms with van der Waals surface area (Å²) >= 11 is 12.5. The van der Waals surface area contributed by atoms with Crippen molar-refractivity contribution >= 4 is 52.1 Å². The van der Waals surface area contributed by atoms with Gasteiger partial charge in [-0.1, -0.05) is 36.2 Å². The van der Waals surface area contributed by atoms with Crippen LogP contribution in [0.2, 0.25) is 10.0 Å². The Morgan fingerprint density at radius 2 is 1.80 bits per heavy atom. The number of nitrogens with zero attached hydrogens (tertiary/aromatic N) is 3. The van der Waals surface area contributed by atoms with Gasteiger partial charge in [0, 0.05) is 44.7 Å². The SMILES string of the molecule is CCC(=O)N1CCN(c2c(Cl)cccc2NC(=O)c2ccc([N+](=O)[O-])cc2Cl)CC1. The van der Waals surface area contributed by atoms with E-state index in [0.717, 1.165) is 6.07 Å². The summed E-state index contributed by atoms with van der Waals surface area (Å²) < 4.78 is 0. The minimum Gasteiger partial charge on any atom is -0.365 e. The molecule has 0 radical (unpaired) electrons. The highest BCUT2D eigenvalue weighted by atomic mass is 35.5. The quantitative estimate of drug-likeness (QED) is 0.543. The van der Waals surface area contributed by atoms with Crippen LogP contribution in [0, 0.1) is 10.1 Å². The number of piperazine rings is 1. The highest BCUT2D eigenvalue weighted by Crippen LogP contribution is 2.35. The summed E-state index contributed by atoms with van der Waals surface area (Å²) in [5, 5.41) is 14.1.